The van der Waals surface area contributed by atoms with Gasteiger partial charge in [0.1, 0.15) is 23.9 Å². The van der Waals surface area contributed by atoms with Gasteiger partial charge in [-0.3, -0.25) is 14.6 Å². The van der Waals surface area contributed by atoms with Crippen molar-refractivity contribution in [2.45, 2.75) is 64.5 Å². The highest BCUT2D eigenvalue weighted by atomic mass is 16.6. The van der Waals surface area contributed by atoms with Crippen LogP contribution in [0.15, 0.2) is 47.0 Å². The summed E-state index contributed by atoms with van der Waals surface area (Å²) in [4.78, 5) is 43.4. The predicted octanol–water partition coefficient (Wildman–Crippen LogP) is 3.36. The topological polar surface area (TPSA) is 194 Å². The number of alkyl carbamates (subject to hydrolysis) is 1. The molecule has 1 saturated heterocycles. The minimum atomic E-state index is -0.701. The number of fused-ring (bicyclic) bond motifs is 1. The summed E-state index contributed by atoms with van der Waals surface area (Å²) in [5, 5.41) is 17.1. The van der Waals surface area contributed by atoms with E-state index in [9.17, 15) is 19.6 Å². The van der Waals surface area contributed by atoms with Crippen molar-refractivity contribution in [3.63, 3.8) is 0 Å². The smallest absolute Gasteiger partial charge is 0.407 e. The van der Waals surface area contributed by atoms with Crippen molar-refractivity contribution in [2.24, 2.45) is 16.5 Å². The fraction of sp³-hybridized carbons (Fsp3) is 0.500. The van der Waals surface area contributed by atoms with Crippen LogP contribution in [0.1, 0.15) is 58.4 Å². The Morgan fingerprint density at radius 2 is 1.77 bits per heavy atom. The summed E-state index contributed by atoms with van der Waals surface area (Å²) >= 11 is 0. The van der Waals surface area contributed by atoms with Crippen molar-refractivity contribution in [3.05, 3.63) is 47.5 Å². The van der Waals surface area contributed by atoms with Gasteiger partial charge in [0.25, 0.3) is 5.91 Å². The van der Waals surface area contributed by atoms with E-state index in [0.29, 0.717) is 6.42 Å². The number of carbonyl (C=O) groups is 3. The number of ether oxygens (including phenoxy) is 3. The van der Waals surface area contributed by atoms with Crippen LogP contribution in [-0.2, 0) is 23.8 Å². The first-order chi connectivity index (χ1) is 22.4. The molecule has 47 heavy (non-hydrogen) atoms. The lowest BCUT2D eigenvalue weighted by Crippen LogP contribution is -2.41. The van der Waals surface area contributed by atoms with E-state index in [2.05, 4.69) is 38.7 Å². The first kappa shape index (κ1) is 36.6. The first-order valence-electron chi connectivity index (χ1n) is 15.9. The van der Waals surface area contributed by atoms with Crippen LogP contribution in [0.3, 0.4) is 0 Å². The maximum atomic E-state index is 12.6. The zero-order valence-corrected chi connectivity index (χ0v) is 27.5. The van der Waals surface area contributed by atoms with Crippen LogP contribution in [0.25, 0.3) is 16.8 Å². The molecule has 3 rings (SSSR count). The molecule has 1 aliphatic heterocycles. The summed E-state index contributed by atoms with van der Waals surface area (Å²) in [7, 11) is 0. The lowest BCUT2D eigenvalue weighted by molar-refractivity contribution is -0.145. The second-order valence-corrected chi connectivity index (χ2v) is 12.2. The van der Waals surface area contributed by atoms with Crippen LogP contribution < -0.4 is 27.0 Å². The number of nitrogens with zero attached hydrogens (tertiary/aromatic N) is 3. The number of nitrogens with one attached hydrogen (secondary N) is 2. The highest BCUT2D eigenvalue weighted by Crippen LogP contribution is 2.26. The standard InChI is InChI=1S/C34H47N7O6/c1-34(2,3)47-33(44)40-28(11-12-39-32(36)37)22-30(42)46-18-17-45-16-13-38-31(43)27(23-35)20-24-7-8-26-21-29(10-9-25(26)19-24)41-14-5-4-6-15-41/h7-10,19-21,28H,4-6,11-18,22H2,1-3H3,(H,38,43)(H,40,44)(H4,36,37,39)/b27-20+/t28-/m0/s1. The zero-order valence-electron chi connectivity index (χ0n) is 27.5. The monoisotopic (exact) mass is 649 g/mol. The SMILES string of the molecule is CC(C)(C)OC(=O)N[C@@H](CCN=C(N)N)CC(=O)OCCOCCNC(=O)/C(C#N)=C/c1ccc2cc(N3CCCCC3)ccc2c1. The van der Waals surface area contributed by atoms with Gasteiger partial charge in [-0.25, -0.2) is 4.79 Å². The quantitative estimate of drug-likeness (QED) is 0.0555. The molecule has 1 aliphatic rings. The minimum absolute atomic E-state index is 0.0161. The molecule has 13 nitrogen and oxygen atoms in total. The van der Waals surface area contributed by atoms with Crippen LogP contribution in [0.2, 0.25) is 0 Å². The Labute approximate surface area is 276 Å². The maximum Gasteiger partial charge on any atom is 0.407 e. The highest BCUT2D eigenvalue weighted by molar-refractivity contribution is 6.02. The van der Waals surface area contributed by atoms with E-state index in [4.69, 9.17) is 25.7 Å². The molecule has 254 valence electrons. The fourth-order valence-corrected chi connectivity index (χ4v) is 4.96. The Hall–Kier alpha value is -4.83. The maximum absolute atomic E-state index is 12.6. The van der Waals surface area contributed by atoms with E-state index >= 15 is 0 Å². The number of amides is 2. The summed E-state index contributed by atoms with van der Waals surface area (Å²) in [6.45, 7) is 7.94. The summed E-state index contributed by atoms with van der Waals surface area (Å²) in [5.41, 5.74) is 12.0. The summed E-state index contributed by atoms with van der Waals surface area (Å²) in [5.74, 6) is -1.15. The number of nitriles is 1. The molecular formula is C34H47N7O6. The van der Waals surface area contributed by atoms with Crippen molar-refractivity contribution in [1.82, 2.24) is 10.6 Å². The van der Waals surface area contributed by atoms with Crippen molar-refractivity contribution < 1.29 is 28.6 Å². The number of hydrogen-bond acceptors (Lipinski definition) is 9. The van der Waals surface area contributed by atoms with Gasteiger partial charge in [0.2, 0.25) is 0 Å². The third-order valence-corrected chi connectivity index (χ3v) is 7.17. The van der Waals surface area contributed by atoms with Gasteiger partial charge in [-0.2, -0.15) is 5.26 Å². The average molecular weight is 650 g/mol. The molecule has 0 saturated carbocycles. The van der Waals surface area contributed by atoms with Gasteiger partial charge >= 0.3 is 12.1 Å². The molecule has 13 heteroatoms. The number of hydrogen-bond donors (Lipinski definition) is 4. The molecule has 0 radical (unpaired) electrons. The third-order valence-electron chi connectivity index (χ3n) is 7.17. The lowest BCUT2D eigenvalue weighted by atomic mass is 10.0. The van der Waals surface area contributed by atoms with E-state index < -0.39 is 29.6 Å². The van der Waals surface area contributed by atoms with Crippen LogP contribution in [-0.4, -0.2) is 81.6 Å². The van der Waals surface area contributed by atoms with Gasteiger partial charge in [0, 0.05) is 37.9 Å². The van der Waals surface area contributed by atoms with E-state index in [1.165, 1.54) is 24.9 Å². The summed E-state index contributed by atoms with van der Waals surface area (Å²) < 4.78 is 15.9. The number of anilines is 1. The number of guanidine groups is 1. The second-order valence-electron chi connectivity index (χ2n) is 12.2. The Morgan fingerprint density at radius 3 is 2.47 bits per heavy atom. The summed E-state index contributed by atoms with van der Waals surface area (Å²) in [6.07, 6.45) is 4.78. The Morgan fingerprint density at radius 1 is 1.04 bits per heavy atom. The lowest BCUT2D eigenvalue weighted by Gasteiger charge is -2.29. The van der Waals surface area contributed by atoms with Gasteiger partial charge < -0.3 is 41.2 Å². The fourth-order valence-electron chi connectivity index (χ4n) is 4.96. The van der Waals surface area contributed by atoms with E-state index in [-0.39, 0.29) is 50.9 Å². The first-order valence-corrected chi connectivity index (χ1v) is 15.9. The molecule has 2 aromatic rings. The molecule has 1 atom stereocenters. The Balaban J connectivity index is 1.39. The van der Waals surface area contributed by atoms with Crippen LogP contribution in [0, 0.1) is 11.3 Å². The number of aliphatic imine (C=N–C) groups is 1. The second kappa shape index (κ2) is 18.3. The van der Waals surface area contributed by atoms with Crippen molar-refractivity contribution >= 4 is 46.5 Å². The summed E-state index contributed by atoms with van der Waals surface area (Å²) in [6, 6.07) is 13.6. The molecule has 2 amide bonds. The van der Waals surface area contributed by atoms with Crippen LogP contribution >= 0.6 is 0 Å². The predicted molar refractivity (Wildman–Crippen MR) is 181 cm³/mol. The van der Waals surface area contributed by atoms with Gasteiger partial charge in [-0.05, 0) is 87.1 Å². The molecule has 1 fully saturated rings. The third kappa shape index (κ3) is 13.6. The number of rotatable bonds is 15. The number of carbonyl (C=O) groups excluding carboxylic acids is 3. The molecule has 2 aromatic carbocycles. The van der Waals surface area contributed by atoms with Gasteiger partial charge in [-0.1, -0.05) is 18.2 Å². The molecule has 0 bridgehead atoms. The highest BCUT2D eigenvalue weighted by Gasteiger charge is 2.22. The Kier molecular flexibility index (Phi) is 14.3. The molecule has 1 heterocycles. The normalized spacial score (nSPS) is 14.1. The largest absolute Gasteiger partial charge is 0.463 e. The number of benzene rings is 2. The van der Waals surface area contributed by atoms with Crippen LogP contribution in [0.4, 0.5) is 10.5 Å². The van der Waals surface area contributed by atoms with Crippen LogP contribution in [0.5, 0.6) is 0 Å². The van der Waals surface area contributed by atoms with Gasteiger partial charge in [0.05, 0.1) is 19.6 Å². The molecule has 0 spiro atoms. The van der Waals surface area contributed by atoms with E-state index in [1.54, 1.807) is 26.8 Å². The van der Waals surface area contributed by atoms with E-state index in [0.717, 1.165) is 29.4 Å². The minimum Gasteiger partial charge on any atom is -0.463 e. The van der Waals surface area contributed by atoms with Crippen molar-refractivity contribution in [3.8, 4) is 6.07 Å². The van der Waals surface area contributed by atoms with Gasteiger partial charge in [0.15, 0.2) is 5.96 Å². The molecule has 0 aromatic heterocycles. The number of nitrogens with two attached hydrogens (primary N) is 2. The van der Waals surface area contributed by atoms with Crippen molar-refractivity contribution in [1.29, 1.82) is 5.26 Å². The average Bonchev–Trinajstić information content (AvgIpc) is 3.02. The zero-order chi connectivity index (χ0) is 34.2. The van der Waals surface area contributed by atoms with E-state index in [1.807, 2.05) is 24.3 Å². The number of esters is 1. The molecule has 6 N–H and O–H groups in total. The Bertz CT molecular complexity index is 1470. The molecule has 0 aliphatic carbocycles. The molecular weight excluding hydrogens is 602 g/mol. The van der Waals surface area contributed by atoms with Crippen molar-refractivity contribution in [2.75, 3.05) is 50.9 Å². The molecule has 0 unspecified atom stereocenters. The van der Waals surface area contributed by atoms with Gasteiger partial charge in [-0.15, -0.1) is 0 Å². The number of piperidine rings is 1.